The van der Waals surface area contributed by atoms with Gasteiger partial charge in [0.2, 0.25) is 0 Å². The molecule has 0 aromatic heterocycles. The number of aliphatic hydroxyl groups excluding tert-OH is 1. The number of aliphatic hydroxyl groups is 1. The Morgan fingerprint density at radius 1 is 1.32 bits per heavy atom. The van der Waals surface area contributed by atoms with E-state index in [1.165, 1.54) is 25.7 Å². The summed E-state index contributed by atoms with van der Waals surface area (Å²) in [5.74, 6) is 2.49. The third-order valence-corrected chi connectivity index (χ3v) is 4.23. The summed E-state index contributed by atoms with van der Waals surface area (Å²) in [7, 11) is 0. The van der Waals surface area contributed by atoms with E-state index in [2.05, 4.69) is 29.1 Å². The molecule has 1 aliphatic heterocycles. The van der Waals surface area contributed by atoms with Crippen LogP contribution in [0.1, 0.15) is 39.5 Å². The Morgan fingerprint density at radius 2 is 2.00 bits per heavy atom. The monoisotopic (exact) mass is 425 g/mol. The van der Waals surface area contributed by atoms with Crippen LogP contribution in [0.3, 0.4) is 0 Å². The maximum atomic E-state index is 9.96. The van der Waals surface area contributed by atoms with Crippen LogP contribution in [0.2, 0.25) is 0 Å². The van der Waals surface area contributed by atoms with Crippen LogP contribution in [0.25, 0.3) is 0 Å². The van der Waals surface area contributed by atoms with Crippen LogP contribution >= 0.6 is 24.0 Å². The maximum Gasteiger partial charge on any atom is 0.194 e. The third kappa shape index (κ3) is 7.46. The fraction of sp³-hybridized carbons (Fsp3) is 0.938. The second kappa shape index (κ2) is 10.6. The van der Waals surface area contributed by atoms with Gasteiger partial charge in [0.15, 0.2) is 5.96 Å². The van der Waals surface area contributed by atoms with Crippen molar-refractivity contribution < 1.29 is 9.84 Å². The van der Waals surface area contributed by atoms with Crippen molar-refractivity contribution >= 4 is 29.9 Å². The SMILES string of the molecule is CCNC(=NCC(O)COCC1CC1)N1CCC(C)CC1.I. The van der Waals surface area contributed by atoms with E-state index in [4.69, 9.17) is 4.74 Å². The Balaban J connectivity index is 0.00000242. The third-order valence-electron chi connectivity index (χ3n) is 4.23. The lowest BCUT2D eigenvalue weighted by Gasteiger charge is -2.33. The number of rotatable bonds is 7. The molecule has 1 unspecified atom stereocenters. The molecule has 0 bridgehead atoms. The van der Waals surface area contributed by atoms with Crippen LogP contribution in [0.15, 0.2) is 4.99 Å². The number of likely N-dealkylation sites (tertiary alicyclic amines) is 1. The Labute approximate surface area is 151 Å². The van der Waals surface area contributed by atoms with Gasteiger partial charge in [-0.1, -0.05) is 6.92 Å². The van der Waals surface area contributed by atoms with Gasteiger partial charge in [0.25, 0.3) is 0 Å². The van der Waals surface area contributed by atoms with Gasteiger partial charge in [0.05, 0.1) is 19.3 Å². The van der Waals surface area contributed by atoms with E-state index in [0.717, 1.165) is 44.0 Å². The highest BCUT2D eigenvalue weighted by Crippen LogP contribution is 2.28. The van der Waals surface area contributed by atoms with Crippen molar-refractivity contribution in [2.45, 2.75) is 45.6 Å². The minimum atomic E-state index is -0.499. The smallest absolute Gasteiger partial charge is 0.194 e. The molecule has 2 fully saturated rings. The molecule has 22 heavy (non-hydrogen) atoms. The van der Waals surface area contributed by atoms with Gasteiger partial charge in [-0.2, -0.15) is 0 Å². The molecule has 0 radical (unpaired) electrons. The molecule has 0 aromatic carbocycles. The van der Waals surface area contributed by atoms with Crippen LogP contribution in [0.5, 0.6) is 0 Å². The lowest BCUT2D eigenvalue weighted by molar-refractivity contribution is 0.0367. The van der Waals surface area contributed by atoms with Gasteiger partial charge in [0.1, 0.15) is 0 Å². The van der Waals surface area contributed by atoms with Gasteiger partial charge in [-0.05, 0) is 44.4 Å². The van der Waals surface area contributed by atoms with Crippen LogP contribution in [-0.2, 0) is 4.74 Å². The molecule has 1 heterocycles. The van der Waals surface area contributed by atoms with Crippen LogP contribution in [0.4, 0.5) is 0 Å². The topological polar surface area (TPSA) is 57.1 Å². The summed E-state index contributed by atoms with van der Waals surface area (Å²) in [6.07, 6.45) is 4.51. The van der Waals surface area contributed by atoms with Crippen molar-refractivity contribution in [3.63, 3.8) is 0 Å². The Bertz CT molecular complexity index is 329. The number of guanidine groups is 1. The van der Waals surface area contributed by atoms with E-state index in [1.54, 1.807) is 0 Å². The van der Waals surface area contributed by atoms with Gasteiger partial charge in [0, 0.05) is 26.2 Å². The predicted octanol–water partition coefficient (Wildman–Crippen LogP) is 2.09. The lowest BCUT2D eigenvalue weighted by atomic mass is 10.00. The van der Waals surface area contributed by atoms with E-state index >= 15 is 0 Å². The van der Waals surface area contributed by atoms with Crippen molar-refractivity contribution in [2.24, 2.45) is 16.8 Å². The number of nitrogens with zero attached hydrogens (tertiary/aromatic N) is 2. The van der Waals surface area contributed by atoms with Gasteiger partial charge in [-0.25, -0.2) is 0 Å². The van der Waals surface area contributed by atoms with Crippen molar-refractivity contribution in [1.29, 1.82) is 0 Å². The number of aliphatic imine (C=N–C) groups is 1. The molecule has 1 saturated carbocycles. The second-order valence-corrected chi connectivity index (χ2v) is 6.50. The molecule has 5 nitrogen and oxygen atoms in total. The van der Waals surface area contributed by atoms with Gasteiger partial charge < -0.3 is 20.1 Å². The predicted molar refractivity (Wildman–Crippen MR) is 101 cm³/mol. The first kappa shape index (κ1) is 20.0. The molecule has 2 N–H and O–H groups in total. The van der Waals surface area contributed by atoms with E-state index in [-0.39, 0.29) is 24.0 Å². The van der Waals surface area contributed by atoms with E-state index in [1.807, 2.05) is 0 Å². The Kier molecular flexibility index (Phi) is 9.66. The fourth-order valence-electron chi connectivity index (χ4n) is 2.55. The average Bonchev–Trinajstić information content (AvgIpc) is 3.29. The zero-order chi connectivity index (χ0) is 15.1. The number of hydrogen-bond acceptors (Lipinski definition) is 3. The molecule has 0 spiro atoms. The minimum Gasteiger partial charge on any atom is -0.389 e. The number of halogens is 1. The molecule has 1 aliphatic carbocycles. The van der Waals surface area contributed by atoms with Gasteiger partial charge >= 0.3 is 0 Å². The molecule has 130 valence electrons. The molecule has 1 saturated heterocycles. The first-order valence-electron chi connectivity index (χ1n) is 8.48. The first-order valence-corrected chi connectivity index (χ1v) is 8.48. The number of ether oxygens (including phenoxy) is 1. The summed E-state index contributed by atoms with van der Waals surface area (Å²) in [6, 6.07) is 0. The highest BCUT2D eigenvalue weighted by Gasteiger charge is 2.22. The van der Waals surface area contributed by atoms with Crippen LogP contribution in [-0.4, -0.2) is 61.5 Å². The van der Waals surface area contributed by atoms with Crippen molar-refractivity contribution in [1.82, 2.24) is 10.2 Å². The van der Waals surface area contributed by atoms with Crippen molar-refractivity contribution in [3.8, 4) is 0 Å². The lowest BCUT2D eigenvalue weighted by Crippen LogP contribution is -2.45. The van der Waals surface area contributed by atoms with Crippen LogP contribution < -0.4 is 5.32 Å². The van der Waals surface area contributed by atoms with E-state index in [0.29, 0.717) is 13.2 Å². The largest absolute Gasteiger partial charge is 0.389 e. The molecule has 2 aliphatic rings. The number of nitrogens with one attached hydrogen (secondary N) is 1. The maximum absolute atomic E-state index is 9.96. The Morgan fingerprint density at radius 3 is 2.59 bits per heavy atom. The second-order valence-electron chi connectivity index (χ2n) is 6.50. The summed E-state index contributed by atoms with van der Waals surface area (Å²) in [5, 5.41) is 13.3. The molecule has 1 atom stereocenters. The van der Waals surface area contributed by atoms with Gasteiger partial charge in [-0.3, -0.25) is 4.99 Å². The highest BCUT2D eigenvalue weighted by atomic mass is 127. The Hall–Kier alpha value is -0.0800. The summed E-state index contributed by atoms with van der Waals surface area (Å²) in [4.78, 5) is 6.88. The molecular weight excluding hydrogens is 393 g/mol. The summed E-state index contributed by atoms with van der Waals surface area (Å²) in [6.45, 7) is 8.97. The van der Waals surface area contributed by atoms with Crippen molar-refractivity contribution in [2.75, 3.05) is 39.4 Å². The van der Waals surface area contributed by atoms with E-state index < -0.39 is 6.10 Å². The normalized spacial score (nSPS) is 21.4. The molecule has 6 heteroatoms. The van der Waals surface area contributed by atoms with Crippen molar-refractivity contribution in [3.05, 3.63) is 0 Å². The average molecular weight is 425 g/mol. The van der Waals surface area contributed by atoms with Gasteiger partial charge in [-0.15, -0.1) is 24.0 Å². The zero-order valence-electron chi connectivity index (χ0n) is 14.0. The fourth-order valence-corrected chi connectivity index (χ4v) is 2.55. The molecule has 2 rings (SSSR count). The number of piperidine rings is 1. The minimum absolute atomic E-state index is 0. The summed E-state index contributed by atoms with van der Waals surface area (Å²) >= 11 is 0. The van der Waals surface area contributed by atoms with E-state index in [9.17, 15) is 5.11 Å². The summed E-state index contributed by atoms with van der Waals surface area (Å²) < 4.78 is 5.52. The first-order chi connectivity index (χ1) is 10.2. The summed E-state index contributed by atoms with van der Waals surface area (Å²) in [5.41, 5.74) is 0. The number of hydrogen-bond donors (Lipinski definition) is 2. The standard InChI is InChI=1S/C16H31N3O2.HI/c1-3-17-16(19-8-6-13(2)7-9-19)18-10-15(20)12-21-11-14-4-5-14;/h13-15,20H,3-12H2,1-2H3,(H,17,18);1H. The quantitative estimate of drug-likeness (QED) is 0.373. The molecular formula is C16H32IN3O2. The molecule has 0 amide bonds. The van der Waals surface area contributed by atoms with Crippen LogP contribution in [0, 0.1) is 11.8 Å². The molecule has 0 aromatic rings. The zero-order valence-corrected chi connectivity index (χ0v) is 16.3. The highest BCUT2D eigenvalue weighted by molar-refractivity contribution is 14.0.